The lowest BCUT2D eigenvalue weighted by Gasteiger charge is -2.29. The maximum Gasteiger partial charge on any atom is 0.308 e. The molecule has 0 spiro atoms. The van der Waals surface area contributed by atoms with E-state index in [0.29, 0.717) is 6.54 Å². The lowest BCUT2D eigenvalue weighted by atomic mass is 9.81. The van der Waals surface area contributed by atoms with Gasteiger partial charge in [-0.3, -0.25) is 4.79 Å². The molecule has 0 aliphatic carbocycles. The number of piperidine rings is 1. The molecule has 1 aliphatic rings. The Morgan fingerprint density at radius 2 is 2.39 bits per heavy atom. The molecule has 5 heteroatoms. The lowest BCUT2D eigenvalue weighted by molar-refractivity contribution is -0.142. The number of hydrogen-bond acceptors (Lipinski definition) is 3. The van der Waals surface area contributed by atoms with Gasteiger partial charge < -0.3 is 14.8 Å². The van der Waals surface area contributed by atoms with Crippen molar-refractivity contribution in [3.05, 3.63) is 36.3 Å². The summed E-state index contributed by atoms with van der Waals surface area (Å²) >= 11 is 0. The fourth-order valence-corrected chi connectivity index (χ4v) is 2.67. The summed E-state index contributed by atoms with van der Waals surface area (Å²) in [5, 5.41) is 12.4. The van der Waals surface area contributed by atoms with Gasteiger partial charge in [0.2, 0.25) is 0 Å². The van der Waals surface area contributed by atoms with Crippen molar-refractivity contribution in [2.24, 2.45) is 5.92 Å². The Morgan fingerprint density at radius 1 is 1.50 bits per heavy atom. The van der Waals surface area contributed by atoms with Gasteiger partial charge >= 0.3 is 5.97 Å². The number of carboxylic acid groups (broad SMARTS) is 1. The number of imidazole rings is 1. The van der Waals surface area contributed by atoms with Gasteiger partial charge in [0, 0.05) is 25.1 Å². The van der Waals surface area contributed by atoms with Crippen LogP contribution in [0.2, 0.25) is 0 Å². The minimum absolute atomic E-state index is 0.0745. The molecule has 2 unspecified atom stereocenters. The average molecular weight is 245 g/mol. The first-order valence-electron chi connectivity index (χ1n) is 6.12. The molecule has 2 aromatic heterocycles. The maximum absolute atomic E-state index is 11.3. The summed E-state index contributed by atoms with van der Waals surface area (Å²) in [6, 6.07) is 3.99. The summed E-state index contributed by atoms with van der Waals surface area (Å²) in [5.41, 5.74) is 1.94. The molecule has 1 fully saturated rings. The summed E-state index contributed by atoms with van der Waals surface area (Å²) in [4.78, 5) is 15.5. The van der Waals surface area contributed by atoms with Crippen LogP contribution in [0.25, 0.3) is 5.65 Å². The van der Waals surface area contributed by atoms with E-state index in [9.17, 15) is 9.90 Å². The second-order valence-electron chi connectivity index (χ2n) is 4.70. The van der Waals surface area contributed by atoms with Crippen LogP contribution in [-0.4, -0.2) is 33.6 Å². The van der Waals surface area contributed by atoms with Crippen molar-refractivity contribution in [3.63, 3.8) is 0 Å². The van der Waals surface area contributed by atoms with Gasteiger partial charge in [0.1, 0.15) is 5.65 Å². The van der Waals surface area contributed by atoms with Gasteiger partial charge in [-0.2, -0.15) is 0 Å². The molecule has 2 atom stereocenters. The van der Waals surface area contributed by atoms with E-state index >= 15 is 0 Å². The minimum Gasteiger partial charge on any atom is -0.481 e. The second-order valence-corrected chi connectivity index (χ2v) is 4.70. The topological polar surface area (TPSA) is 66.6 Å². The smallest absolute Gasteiger partial charge is 0.308 e. The van der Waals surface area contributed by atoms with Gasteiger partial charge in [-0.05, 0) is 36.6 Å². The molecule has 94 valence electrons. The number of carboxylic acids is 1. The molecule has 1 saturated heterocycles. The second kappa shape index (κ2) is 4.42. The zero-order valence-electron chi connectivity index (χ0n) is 9.91. The predicted molar refractivity (Wildman–Crippen MR) is 66.5 cm³/mol. The van der Waals surface area contributed by atoms with Gasteiger partial charge in [-0.25, -0.2) is 4.98 Å². The third kappa shape index (κ3) is 1.86. The summed E-state index contributed by atoms with van der Waals surface area (Å²) in [6.07, 6.45) is 6.43. The Morgan fingerprint density at radius 3 is 3.22 bits per heavy atom. The van der Waals surface area contributed by atoms with E-state index in [1.54, 1.807) is 6.20 Å². The first-order chi connectivity index (χ1) is 8.75. The fraction of sp³-hybridized carbons (Fsp3) is 0.385. The highest BCUT2D eigenvalue weighted by Crippen LogP contribution is 2.30. The van der Waals surface area contributed by atoms with Gasteiger partial charge in [0.05, 0.1) is 5.92 Å². The van der Waals surface area contributed by atoms with Crippen LogP contribution in [0.3, 0.4) is 0 Å². The quantitative estimate of drug-likeness (QED) is 0.831. The van der Waals surface area contributed by atoms with E-state index in [4.69, 9.17) is 0 Å². The third-order valence-corrected chi connectivity index (χ3v) is 3.65. The molecule has 0 amide bonds. The SMILES string of the molecule is O=C(O)C1CNCCC1c1ccn2ccnc2c1. The molecule has 5 nitrogen and oxygen atoms in total. The van der Waals surface area contributed by atoms with Crippen LogP contribution in [0.15, 0.2) is 30.7 Å². The molecule has 3 heterocycles. The molecular weight excluding hydrogens is 230 g/mol. The highest BCUT2D eigenvalue weighted by molar-refractivity contribution is 5.72. The van der Waals surface area contributed by atoms with Crippen LogP contribution in [0.1, 0.15) is 17.9 Å². The number of nitrogens with one attached hydrogen (secondary N) is 1. The van der Waals surface area contributed by atoms with Crippen molar-refractivity contribution < 1.29 is 9.90 Å². The predicted octanol–water partition coefficient (Wildman–Crippen LogP) is 1.11. The number of rotatable bonds is 2. The highest BCUT2D eigenvalue weighted by atomic mass is 16.4. The van der Waals surface area contributed by atoms with Crippen molar-refractivity contribution in [2.45, 2.75) is 12.3 Å². The van der Waals surface area contributed by atoms with Crippen molar-refractivity contribution in [2.75, 3.05) is 13.1 Å². The van der Waals surface area contributed by atoms with E-state index in [0.717, 1.165) is 24.2 Å². The Balaban J connectivity index is 1.97. The first kappa shape index (κ1) is 11.2. The average Bonchev–Trinajstić information content (AvgIpc) is 2.85. The fourth-order valence-electron chi connectivity index (χ4n) is 2.67. The van der Waals surface area contributed by atoms with Crippen LogP contribution in [0.4, 0.5) is 0 Å². The molecule has 1 aliphatic heterocycles. The summed E-state index contributed by atoms with van der Waals surface area (Å²) < 4.78 is 1.93. The van der Waals surface area contributed by atoms with Gasteiger partial charge in [-0.1, -0.05) is 0 Å². The van der Waals surface area contributed by atoms with E-state index < -0.39 is 5.97 Å². The number of carbonyl (C=O) groups is 1. The van der Waals surface area contributed by atoms with Crippen LogP contribution >= 0.6 is 0 Å². The minimum atomic E-state index is -0.726. The van der Waals surface area contributed by atoms with Crippen LogP contribution < -0.4 is 5.32 Å². The molecule has 0 bridgehead atoms. The van der Waals surface area contributed by atoms with E-state index in [1.165, 1.54) is 0 Å². The van der Waals surface area contributed by atoms with E-state index in [1.807, 2.05) is 28.9 Å². The molecule has 0 aromatic carbocycles. The number of nitrogens with zero attached hydrogens (tertiary/aromatic N) is 2. The Bertz CT molecular complexity index is 578. The van der Waals surface area contributed by atoms with Crippen molar-refractivity contribution in [3.8, 4) is 0 Å². The van der Waals surface area contributed by atoms with Crippen molar-refractivity contribution in [1.29, 1.82) is 0 Å². The van der Waals surface area contributed by atoms with E-state index in [2.05, 4.69) is 10.3 Å². The molecular formula is C13H15N3O2. The Hall–Kier alpha value is -1.88. The normalized spacial score (nSPS) is 24.2. The van der Waals surface area contributed by atoms with Crippen molar-refractivity contribution >= 4 is 11.6 Å². The Kier molecular flexibility index (Phi) is 2.76. The van der Waals surface area contributed by atoms with Crippen LogP contribution in [0.5, 0.6) is 0 Å². The highest BCUT2D eigenvalue weighted by Gasteiger charge is 2.31. The van der Waals surface area contributed by atoms with Gasteiger partial charge in [0.25, 0.3) is 0 Å². The number of aromatic nitrogens is 2. The molecule has 3 rings (SSSR count). The largest absolute Gasteiger partial charge is 0.481 e. The maximum atomic E-state index is 11.3. The summed E-state index contributed by atoms with van der Waals surface area (Å²) in [7, 11) is 0. The number of fused-ring (bicyclic) bond motifs is 1. The molecule has 0 radical (unpaired) electrons. The summed E-state index contributed by atoms with van der Waals surface area (Å²) in [6.45, 7) is 1.41. The molecule has 2 aromatic rings. The zero-order chi connectivity index (χ0) is 12.5. The monoisotopic (exact) mass is 245 g/mol. The summed E-state index contributed by atoms with van der Waals surface area (Å²) in [5.74, 6) is -1.00. The Labute approximate surface area is 104 Å². The number of aliphatic carboxylic acids is 1. The standard InChI is InChI=1S/C13H15N3O2/c17-13(18)11-8-14-3-1-10(11)9-2-5-16-6-4-15-12(16)7-9/h2,4-7,10-11,14H,1,3,8H2,(H,17,18). The van der Waals surface area contributed by atoms with Crippen molar-refractivity contribution in [1.82, 2.24) is 14.7 Å². The molecule has 18 heavy (non-hydrogen) atoms. The van der Waals surface area contributed by atoms with Crippen LogP contribution in [-0.2, 0) is 4.79 Å². The molecule has 0 saturated carbocycles. The van der Waals surface area contributed by atoms with Crippen LogP contribution in [0, 0.1) is 5.92 Å². The third-order valence-electron chi connectivity index (χ3n) is 3.65. The van der Waals surface area contributed by atoms with Gasteiger partial charge in [0.15, 0.2) is 0 Å². The first-order valence-corrected chi connectivity index (χ1v) is 6.12. The lowest BCUT2D eigenvalue weighted by Crippen LogP contribution is -2.39. The zero-order valence-corrected chi connectivity index (χ0v) is 9.91. The van der Waals surface area contributed by atoms with Gasteiger partial charge in [-0.15, -0.1) is 0 Å². The number of hydrogen-bond donors (Lipinski definition) is 2. The van der Waals surface area contributed by atoms with E-state index in [-0.39, 0.29) is 11.8 Å². The number of pyridine rings is 1. The molecule has 2 N–H and O–H groups in total.